The van der Waals surface area contributed by atoms with Crippen LogP contribution in [0, 0.1) is 5.92 Å². The van der Waals surface area contributed by atoms with Gasteiger partial charge in [-0.3, -0.25) is 0 Å². The van der Waals surface area contributed by atoms with Gasteiger partial charge in [0.05, 0.1) is 0 Å². The van der Waals surface area contributed by atoms with Gasteiger partial charge < -0.3 is 0 Å². The number of rotatable bonds is 5. The van der Waals surface area contributed by atoms with Gasteiger partial charge in [0.1, 0.15) is 0 Å². The third kappa shape index (κ3) is 4.17. The summed E-state index contributed by atoms with van der Waals surface area (Å²) in [7, 11) is 0. The van der Waals surface area contributed by atoms with Crippen molar-refractivity contribution in [2.24, 2.45) is 11.0 Å². The fourth-order valence-electron chi connectivity index (χ4n) is 2.64. The van der Waals surface area contributed by atoms with Crippen molar-refractivity contribution < 1.29 is 0 Å². The first-order valence-corrected chi connectivity index (χ1v) is 10.4. The molecule has 0 saturated carbocycles. The third-order valence-electron chi connectivity index (χ3n) is 3.97. The van der Waals surface area contributed by atoms with E-state index in [1.807, 2.05) is 12.1 Å². The van der Waals surface area contributed by atoms with Gasteiger partial charge in [-0.15, -0.1) is 0 Å². The van der Waals surface area contributed by atoms with Gasteiger partial charge in [0.2, 0.25) is 0 Å². The summed E-state index contributed by atoms with van der Waals surface area (Å²) < 4.78 is 1.45. The van der Waals surface area contributed by atoms with E-state index >= 15 is 0 Å². The topological polar surface area (TPSA) is 15.6 Å². The monoisotopic (exact) mass is 392 g/mol. The van der Waals surface area contributed by atoms with Crippen LogP contribution in [0.15, 0.2) is 59.7 Å². The molecule has 0 saturated heterocycles. The van der Waals surface area contributed by atoms with Gasteiger partial charge in [0.25, 0.3) is 0 Å². The number of hydrazone groups is 1. The predicted molar refractivity (Wildman–Crippen MR) is 101 cm³/mol. The second-order valence-corrected chi connectivity index (χ2v) is 8.78. The van der Waals surface area contributed by atoms with Crippen LogP contribution < -0.4 is 9.47 Å². The number of anilines is 1. The molecule has 2 aromatic rings. The summed E-state index contributed by atoms with van der Waals surface area (Å²) in [6, 6.07) is 19.3. The van der Waals surface area contributed by atoms with Crippen LogP contribution in [0.5, 0.6) is 0 Å². The van der Waals surface area contributed by atoms with Gasteiger partial charge in [-0.05, 0) is 0 Å². The van der Waals surface area contributed by atoms with Crippen molar-refractivity contribution in [3.05, 3.63) is 59.6 Å². The molecular formula is C19H21ClN2Se. The van der Waals surface area contributed by atoms with Crippen molar-refractivity contribution in [3.63, 3.8) is 0 Å². The summed E-state index contributed by atoms with van der Waals surface area (Å²) in [4.78, 5) is 0. The molecule has 1 aliphatic rings. The van der Waals surface area contributed by atoms with E-state index in [-0.39, 0.29) is 0 Å². The Labute approximate surface area is 149 Å². The van der Waals surface area contributed by atoms with Gasteiger partial charge in [-0.2, -0.15) is 0 Å². The zero-order chi connectivity index (χ0) is 16.2. The summed E-state index contributed by atoms with van der Waals surface area (Å²) in [6.07, 6.45) is 1.06. The molecule has 4 heteroatoms. The van der Waals surface area contributed by atoms with Crippen molar-refractivity contribution in [2.75, 3.05) is 5.01 Å². The van der Waals surface area contributed by atoms with Crippen LogP contribution in [0.3, 0.4) is 0 Å². The van der Waals surface area contributed by atoms with E-state index < -0.39 is 0 Å². The zero-order valence-corrected chi connectivity index (χ0v) is 15.9. The molecule has 1 unspecified atom stereocenters. The Morgan fingerprint density at radius 2 is 1.83 bits per heavy atom. The Morgan fingerprint density at radius 1 is 1.13 bits per heavy atom. The minimum absolute atomic E-state index is 0.453. The third-order valence-corrected chi connectivity index (χ3v) is 6.65. The summed E-state index contributed by atoms with van der Waals surface area (Å²) in [5, 5.41) is 9.04. The molecule has 23 heavy (non-hydrogen) atoms. The van der Waals surface area contributed by atoms with Crippen LogP contribution in [0.1, 0.15) is 20.3 Å². The van der Waals surface area contributed by atoms with Gasteiger partial charge in [-0.1, -0.05) is 0 Å². The molecule has 2 nitrogen and oxygen atoms in total. The zero-order valence-electron chi connectivity index (χ0n) is 13.4. The standard InChI is InChI=1S/C19H21ClN2Se/c1-14(2)19-12-17(13-23-18-6-4-3-5-7-18)22(21-19)16-10-8-15(20)9-11-16/h3-11,14,17H,12-13H2,1-2H3. The van der Waals surface area contributed by atoms with Crippen molar-refractivity contribution in [3.8, 4) is 0 Å². The van der Waals surface area contributed by atoms with E-state index in [4.69, 9.17) is 16.7 Å². The molecule has 3 rings (SSSR count). The summed E-state index contributed by atoms with van der Waals surface area (Å²) >= 11 is 6.49. The fraction of sp³-hybridized carbons (Fsp3) is 0.316. The van der Waals surface area contributed by atoms with E-state index in [1.165, 1.54) is 15.5 Å². The second-order valence-electron chi connectivity index (χ2n) is 6.05. The second kappa shape index (κ2) is 7.53. The number of benzene rings is 2. The van der Waals surface area contributed by atoms with Gasteiger partial charge in [0, 0.05) is 0 Å². The first-order chi connectivity index (χ1) is 11.1. The number of hydrogen-bond acceptors (Lipinski definition) is 2. The number of halogens is 1. The van der Waals surface area contributed by atoms with Crippen molar-refractivity contribution in [1.82, 2.24) is 0 Å². The Kier molecular flexibility index (Phi) is 5.42. The van der Waals surface area contributed by atoms with Crippen LogP contribution in [0.25, 0.3) is 0 Å². The maximum atomic E-state index is 6.02. The predicted octanol–water partition coefficient (Wildman–Crippen LogP) is 4.38. The molecule has 1 heterocycles. The molecule has 0 aromatic heterocycles. The molecule has 0 N–H and O–H groups in total. The molecule has 0 aliphatic carbocycles. The van der Waals surface area contributed by atoms with E-state index in [2.05, 4.69) is 61.3 Å². The van der Waals surface area contributed by atoms with E-state index in [0.29, 0.717) is 26.9 Å². The molecule has 0 bridgehead atoms. The molecule has 0 amide bonds. The summed E-state index contributed by atoms with van der Waals surface area (Å²) in [5.74, 6) is 0.499. The molecule has 120 valence electrons. The quantitative estimate of drug-likeness (QED) is 0.691. The summed E-state index contributed by atoms with van der Waals surface area (Å²) in [6.45, 7) is 4.45. The van der Waals surface area contributed by atoms with E-state index in [1.54, 1.807) is 0 Å². The fourth-order valence-corrected chi connectivity index (χ4v) is 4.85. The SMILES string of the molecule is CC(C)C1=NN(c2ccc(Cl)cc2)C(C[Se]c2ccccc2)C1. The Hall–Kier alpha value is -1.28. The van der Waals surface area contributed by atoms with E-state index in [9.17, 15) is 0 Å². The van der Waals surface area contributed by atoms with Crippen LogP contribution in [-0.4, -0.2) is 26.7 Å². The molecular weight excluding hydrogens is 371 g/mol. The van der Waals surface area contributed by atoms with E-state index in [0.717, 1.165) is 17.1 Å². The Balaban J connectivity index is 1.76. The average Bonchev–Trinajstić information content (AvgIpc) is 2.99. The molecule has 2 aromatic carbocycles. The van der Waals surface area contributed by atoms with Crippen molar-refractivity contribution in [2.45, 2.75) is 31.6 Å². The molecule has 1 aliphatic heterocycles. The molecule has 0 spiro atoms. The first-order valence-electron chi connectivity index (χ1n) is 7.93. The Bertz CT molecular complexity index is 668. The Morgan fingerprint density at radius 3 is 2.48 bits per heavy atom. The van der Waals surface area contributed by atoms with Crippen LogP contribution in [-0.2, 0) is 0 Å². The normalized spacial score (nSPS) is 17.7. The summed E-state index contributed by atoms with van der Waals surface area (Å²) in [5.41, 5.74) is 2.44. The van der Waals surface area contributed by atoms with Crippen LogP contribution >= 0.6 is 11.6 Å². The van der Waals surface area contributed by atoms with Crippen molar-refractivity contribution >= 4 is 42.4 Å². The van der Waals surface area contributed by atoms with Gasteiger partial charge >= 0.3 is 150 Å². The molecule has 0 radical (unpaired) electrons. The first kappa shape index (κ1) is 16.6. The number of nitrogens with zero attached hydrogens (tertiary/aromatic N) is 2. The van der Waals surface area contributed by atoms with Crippen LogP contribution in [0.4, 0.5) is 5.69 Å². The minimum atomic E-state index is 0.453. The molecule has 1 atom stereocenters. The molecule has 0 fully saturated rings. The van der Waals surface area contributed by atoms with Crippen LogP contribution in [0.2, 0.25) is 10.3 Å². The maximum absolute atomic E-state index is 6.02. The van der Waals surface area contributed by atoms with Gasteiger partial charge in [-0.25, -0.2) is 0 Å². The average molecular weight is 392 g/mol. The van der Waals surface area contributed by atoms with Gasteiger partial charge in [0.15, 0.2) is 0 Å². The number of hydrogen-bond donors (Lipinski definition) is 0. The van der Waals surface area contributed by atoms with Crippen molar-refractivity contribution in [1.29, 1.82) is 0 Å².